The number of nitrogens with zero attached hydrogens (tertiary/aromatic N) is 1. The van der Waals surface area contributed by atoms with Crippen molar-refractivity contribution in [2.75, 3.05) is 26.0 Å². The minimum Gasteiger partial charge on any atom is -0.497 e. The Bertz CT molecular complexity index is 766. The Hall–Kier alpha value is -2.09. The minimum atomic E-state index is -3.50. The Morgan fingerprint density at radius 1 is 1.27 bits per heavy atom. The lowest BCUT2D eigenvalue weighted by atomic mass is 10.1. The van der Waals surface area contributed by atoms with E-state index in [2.05, 4.69) is 5.32 Å². The Kier molecular flexibility index (Phi) is 5.95. The highest BCUT2D eigenvalue weighted by Gasteiger charge is 2.39. The van der Waals surface area contributed by atoms with E-state index in [4.69, 9.17) is 4.74 Å². The topological polar surface area (TPSA) is 92.8 Å². The quantitative estimate of drug-likeness (QED) is 0.799. The van der Waals surface area contributed by atoms with Crippen LogP contribution in [-0.2, 0) is 19.4 Å². The van der Waals surface area contributed by atoms with Gasteiger partial charge >= 0.3 is 0 Å². The van der Waals surface area contributed by atoms with Gasteiger partial charge in [-0.3, -0.25) is 9.59 Å². The largest absolute Gasteiger partial charge is 0.497 e. The fourth-order valence-electron chi connectivity index (χ4n) is 2.89. The Morgan fingerprint density at radius 2 is 1.88 bits per heavy atom. The van der Waals surface area contributed by atoms with E-state index in [1.807, 2.05) is 20.8 Å². The van der Waals surface area contributed by atoms with Gasteiger partial charge in [-0.05, 0) is 45.0 Å². The highest BCUT2D eigenvalue weighted by Crippen LogP contribution is 2.25. The van der Waals surface area contributed by atoms with Crippen molar-refractivity contribution < 1.29 is 22.7 Å². The molecule has 0 spiro atoms. The smallest absolute Gasteiger partial charge is 0.225 e. The van der Waals surface area contributed by atoms with Crippen molar-refractivity contribution in [2.45, 2.75) is 37.6 Å². The Labute approximate surface area is 154 Å². The molecule has 0 aliphatic carbocycles. The standard InChI is InChI=1S/C18H26N2O5S/c1-18(2,3)20-12-13(11-16(20)21)17(22)19-9-10-26(23,24)15-7-5-14(25-4)6-8-15/h5-8,13H,9-12H2,1-4H3,(H,19,22)/t13-/m1/s1. The van der Waals surface area contributed by atoms with Crippen molar-refractivity contribution in [2.24, 2.45) is 5.92 Å². The van der Waals surface area contributed by atoms with E-state index in [0.717, 1.165) is 0 Å². The van der Waals surface area contributed by atoms with Crippen molar-refractivity contribution >= 4 is 21.7 Å². The van der Waals surface area contributed by atoms with E-state index in [1.165, 1.54) is 19.2 Å². The molecule has 0 aromatic heterocycles. The average molecular weight is 382 g/mol. The molecule has 1 aliphatic heterocycles. The van der Waals surface area contributed by atoms with Crippen LogP contribution in [0.3, 0.4) is 0 Å². The second kappa shape index (κ2) is 7.65. The van der Waals surface area contributed by atoms with Crippen molar-refractivity contribution in [3.05, 3.63) is 24.3 Å². The number of carbonyl (C=O) groups is 2. The normalized spacial score (nSPS) is 18.1. The zero-order valence-electron chi connectivity index (χ0n) is 15.6. The lowest BCUT2D eigenvalue weighted by Crippen LogP contribution is -2.43. The van der Waals surface area contributed by atoms with Crippen LogP contribution in [0.2, 0.25) is 0 Å². The predicted molar refractivity (Wildman–Crippen MR) is 97.6 cm³/mol. The molecule has 144 valence electrons. The van der Waals surface area contributed by atoms with Gasteiger partial charge in [0.1, 0.15) is 5.75 Å². The third-order valence-electron chi connectivity index (χ3n) is 4.39. The summed E-state index contributed by atoms with van der Waals surface area (Å²) < 4.78 is 29.6. The zero-order chi connectivity index (χ0) is 19.5. The molecule has 0 saturated carbocycles. The fraction of sp³-hybridized carbons (Fsp3) is 0.556. The predicted octanol–water partition coefficient (Wildman–Crippen LogP) is 1.23. The molecule has 1 atom stereocenters. The van der Waals surface area contributed by atoms with Gasteiger partial charge in [0.05, 0.1) is 23.7 Å². The first kappa shape index (κ1) is 20.2. The summed E-state index contributed by atoms with van der Waals surface area (Å²) in [7, 11) is -1.99. The highest BCUT2D eigenvalue weighted by atomic mass is 32.2. The lowest BCUT2D eigenvalue weighted by Gasteiger charge is -2.31. The third-order valence-corrected chi connectivity index (χ3v) is 6.13. The molecule has 1 N–H and O–H groups in total. The monoisotopic (exact) mass is 382 g/mol. The second-order valence-corrected chi connectivity index (χ2v) is 9.47. The maximum Gasteiger partial charge on any atom is 0.225 e. The molecule has 1 fully saturated rings. The SMILES string of the molecule is COc1ccc(S(=O)(=O)CCNC(=O)[C@@H]2CC(=O)N(C(C)(C)C)C2)cc1. The van der Waals surface area contributed by atoms with Crippen LogP contribution in [0.4, 0.5) is 0 Å². The van der Waals surface area contributed by atoms with Crippen LogP contribution in [-0.4, -0.2) is 56.6 Å². The van der Waals surface area contributed by atoms with Crippen molar-refractivity contribution in [3.63, 3.8) is 0 Å². The molecule has 2 amide bonds. The molecular formula is C18H26N2O5S. The summed E-state index contributed by atoms with van der Waals surface area (Å²) in [4.78, 5) is 26.2. The summed E-state index contributed by atoms with van der Waals surface area (Å²) in [6.45, 7) is 6.14. The number of carbonyl (C=O) groups excluding carboxylic acids is 2. The molecule has 2 rings (SSSR count). The van der Waals surface area contributed by atoms with Gasteiger partial charge in [-0.15, -0.1) is 0 Å². The molecular weight excluding hydrogens is 356 g/mol. The van der Waals surface area contributed by atoms with Crippen molar-refractivity contribution in [1.82, 2.24) is 10.2 Å². The van der Waals surface area contributed by atoms with Gasteiger partial charge in [0.25, 0.3) is 0 Å². The van der Waals surface area contributed by atoms with Gasteiger partial charge in [0.2, 0.25) is 11.8 Å². The third kappa shape index (κ3) is 4.75. The van der Waals surface area contributed by atoms with E-state index in [1.54, 1.807) is 17.0 Å². The van der Waals surface area contributed by atoms with E-state index in [-0.39, 0.29) is 41.0 Å². The molecule has 8 heteroatoms. The summed E-state index contributed by atoms with van der Waals surface area (Å²) in [6, 6.07) is 6.12. The first-order valence-electron chi connectivity index (χ1n) is 8.49. The van der Waals surface area contributed by atoms with Crippen LogP contribution in [0.25, 0.3) is 0 Å². The molecule has 7 nitrogen and oxygen atoms in total. The summed E-state index contributed by atoms with van der Waals surface area (Å²) >= 11 is 0. The molecule has 0 bridgehead atoms. The highest BCUT2D eigenvalue weighted by molar-refractivity contribution is 7.91. The Morgan fingerprint density at radius 3 is 2.38 bits per heavy atom. The van der Waals surface area contributed by atoms with Gasteiger partial charge < -0.3 is 15.0 Å². The maximum atomic E-state index is 12.3. The number of ether oxygens (including phenoxy) is 1. The summed E-state index contributed by atoms with van der Waals surface area (Å²) in [5.74, 6) is -0.398. The first-order chi connectivity index (χ1) is 12.0. The molecule has 0 radical (unpaired) electrons. The van der Waals surface area contributed by atoms with Crippen LogP contribution in [0.15, 0.2) is 29.2 Å². The number of rotatable bonds is 6. The van der Waals surface area contributed by atoms with Gasteiger partial charge in [-0.1, -0.05) is 0 Å². The maximum absolute atomic E-state index is 12.3. The van der Waals surface area contributed by atoms with E-state index in [9.17, 15) is 18.0 Å². The number of nitrogens with one attached hydrogen (secondary N) is 1. The van der Waals surface area contributed by atoms with Crippen molar-refractivity contribution in [3.8, 4) is 5.75 Å². The van der Waals surface area contributed by atoms with Gasteiger partial charge in [0, 0.05) is 25.0 Å². The zero-order valence-corrected chi connectivity index (χ0v) is 16.4. The van der Waals surface area contributed by atoms with E-state index in [0.29, 0.717) is 12.3 Å². The number of sulfone groups is 1. The molecule has 26 heavy (non-hydrogen) atoms. The van der Waals surface area contributed by atoms with Gasteiger partial charge in [-0.25, -0.2) is 8.42 Å². The first-order valence-corrected chi connectivity index (χ1v) is 10.1. The van der Waals surface area contributed by atoms with E-state index < -0.39 is 15.8 Å². The summed E-state index contributed by atoms with van der Waals surface area (Å²) in [5, 5.41) is 2.64. The minimum absolute atomic E-state index is 0.00735. The molecule has 1 aliphatic rings. The average Bonchev–Trinajstić information content (AvgIpc) is 2.97. The lowest BCUT2D eigenvalue weighted by molar-refractivity contribution is -0.132. The molecule has 1 aromatic carbocycles. The molecule has 1 saturated heterocycles. The molecule has 1 aromatic rings. The van der Waals surface area contributed by atoms with Gasteiger partial charge in [-0.2, -0.15) is 0 Å². The summed E-state index contributed by atoms with van der Waals surface area (Å²) in [6.07, 6.45) is 0.161. The number of amides is 2. The van der Waals surface area contributed by atoms with Crippen LogP contribution >= 0.6 is 0 Å². The summed E-state index contributed by atoms with van der Waals surface area (Å²) in [5.41, 5.74) is -0.330. The number of methoxy groups -OCH3 is 1. The number of hydrogen-bond donors (Lipinski definition) is 1. The number of benzene rings is 1. The second-order valence-electron chi connectivity index (χ2n) is 7.36. The van der Waals surface area contributed by atoms with E-state index >= 15 is 0 Å². The molecule has 1 heterocycles. The Balaban J connectivity index is 1.89. The van der Waals surface area contributed by atoms with Crippen molar-refractivity contribution in [1.29, 1.82) is 0 Å². The van der Waals surface area contributed by atoms with Crippen LogP contribution < -0.4 is 10.1 Å². The molecule has 0 unspecified atom stereocenters. The number of likely N-dealkylation sites (tertiary alicyclic amines) is 1. The van der Waals surface area contributed by atoms with Crippen LogP contribution in [0, 0.1) is 5.92 Å². The van der Waals surface area contributed by atoms with Crippen LogP contribution in [0.5, 0.6) is 5.75 Å². The number of hydrogen-bond acceptors (Lipinski definition) is 5. The van der Waals surface area contributed by atoms with Gasteiger partial charge in [0.15, 0.2) is 9.84 Å². The fourth-order valence-corrected chi connectivity index (χ4v) is 4.04. The van der Waals surface area contributed by atoms with Crippen LogP contribution in [0.1, 0.15) is 27.2 Å².